The van der Waals surface area contributed by atoms with Crippen LogP contribution in [0.2, 0.25) is 0 Å². The summed E-state index contributed by atoms with van der Waals surface area (Å²) in [6, 6.07) is 8.94. The first kappa shape index (κ1) is 42.9. The second-order valence-corrected chi connectivity index (χ2v) is 16.4. The van der Waals surface area contributed by atoms with Gasteiger partial charge in [-0.25, -0.2) is 8.78 Å². The summed E-state index contributed by atoms with van der Waals surface area (Å²) in [7, 11) is 3.13. The van der Waals surface area contributed by atoms with Gasteiger partial charge in [0, 0.05) is 59.6 Å². The number of ketones is 1. The molecule has 286 valence electrons. The lowest BCUT2D eigenvalue weighted by molar-refractivity contribution is -0.136. The van der Waals surface area contributed by atoms with E-state index in [1.54, 1.807) is 31.3 Å². The van der Waals surface area contributed by atoms with E-state index in [0.717, 1.165) is 11.5 Å². The highest BCUT2D eigenvalue weighted by Gasteiger charge is 2.31. The number of Topliss-reactive ketones (excluding diaryl/α,β-unsaturated/α-hetero) is 1. The van der Waals surface area contributed by atoms with Gasteiger partial charge in [-0.15, -0.1) is 0 Å². The number of alkyl halides is 1. The van der Waals surface area contributed by atoms with E-state index in [4.69, 9.17) is 14.2 Å². The molecule has 9 heteroatoms. The zero-order valence-electron chi connectivity index (χ0n) is 32.0. The number of methoxy groups -OCH3 is 2. The van der Waals surface area contributed by atoms with Crippen molar-refractivity contribution in [2.24, 2.45) is 11.8 Å². The van der Waals surface area contributed by atoms with Crippen molar-refractivity contribution in [1.82, 2.24) is 4.90 Å². The number of rotatable bonds is 11. The minimum absolute atomic E-state index is 0.0645. The fraction of sp³-hybridized carbons (Fsp3) is 0.667. The number of hydrogen-bond donors (Lipinski definition) is 0. The summed E-state index contributed by atoms with van der Waals surface area (Å²) in [5.74, 6) is 2.54. The van der Waals surface area contributed by atoms with Gasteiger partial charge in [-0.05, 0) is 61.1 Å². The minimum atomic E-state index is -0.497. The lowest BCUT2D eigenvalue weighted by Crippen LogP contribution is -2.42. The Bertz CT molecular complexity index is 1370. The van der Waals surface area contributed by atoms with Crippen LogP contribution in [0.15, 0.2) is 36.4 Å². The van der Waals surface area contributed by atoms with Crippen molar-refractivity contribution in [1.29, 1.82) is 0 Å². The summed E-state index contributed by atoms with van der Waals surface area (Å²) < 4.78 is 43.0. The van der Waals surface area contributed by atoms with Gasteiger partial charge in [0.2, 0.25) is 5.91 Å². The summed E-state index contributed by atoms with van der Waals surface area (Å²) >= 11 is 3.51. The molecule has 0 bridgehead atoms. The molecule has 0 aromatic heterocycles. The third kappa shape index (κ3) is 14.1. The van der Waals surface area contributed by atoms with Crippen molar-refractivity contribution in [3.05, 3.63) is 59.2 Å². The molecule has 1 amide bonds. The Hall–Kier alpha value is -2.52. The molecule has 2 saturated carbocycles. The number of ether oxygens (including phenoxy) is 3. The van der Waals surface area contributed by atoms with Gasteiger partial charge < -0.3 is 19.1 Å². The zero-order valence-corrected chi connectivity index (χ0v) is 33.6. The van der Waals surface area contributed by atoms with Gasteiger partial charge in [-0.1, -0.05) is 95.0 Å². The van der Waals surface area contributed by atoms with Crippen LogP contribution in [0, 0.1) is 23.5 Å². The molecule has 2 aromatic carbocycles. The molecule has 2 aromatic rings. The van der Waals surface area contributed by atoms with Crippen molar-refractivity contribution in [2.45, 2.75) is 122 Å². The van der Waals surface area contributed by atoms with Crippen LogP contribution >= 0.6 is 15.9 Å². The Labute approximate surface area is 314 Å². The first-order valence-corrected chi connectivity index (χ1v) is 20.0. The smallest absolute Gasteiger partial charge is 0.223 e. The number of hydrogen-bond acceptors (Lipinski definition) is 5. The molecule has 0 radical (unpaired) electrons. The molecular weight excluding hydrogens is 716 g/mol. The molecular formula is C42H62BrF2NO5. The van der Waals surface area contributed by atoms with Gasteiger partial charge in [-0.2, -0.15) is 0 Å². The fourth-order valence-corrected chi connectivity index (χ4v) is 8.18. The molecule has 2 aliphatic carbocycles. The summed E-state index contributed by atoms with van der Waals surface area (Å²) in [4.78, 5) is 26.7. The first-order chi connectivity index (χ1) is 24.3. The average molecular weight is 779 g/mol. The Kier molecular flexibility index (Phi) is 17.9. The Morgan fingerprint density at radius 1 is 0.745 bits per heavy atom. The molecule has 1 aliphatic heterocycles. The topological polar surface area (TPSA) is 65.1 Å². The molecule has 0 N–H and O–H groups in total. The van der Waals surface area contributed by atoms with Gasteiger partial charge in [0.1, 0.15) is 28.9 Å². The van der Waals surface area contributed by atoms with Gasteiger partial charge in [-0.3, -0.25) is 9.59 Å². The van der Waals surface area contributed by atoms with Crippen LogP contribution in [-0.4, -0.2) is 62.4 Å². The molecule has 3 fully saturated rings. The lowest BCUT2D eigenvalue weighted by Gasteiger charge is -2.32. The molecule has 0 spiro atoms. The summed E-state index contributed by atoms with van der Waals surface area (Å²) in [5.41, 5.74) is 0.570. The molecule has 1 heterocycles. The predicted molar refractivity (Wildman–Crippen MR) is 205 cm³/mol. The number of nitrogens with zero attached hydrogens (tertiary/aromatic N) is 1. The summed E-state index contributed by atoms with van der Waals surface area (Å²) in [6.07, 6.45) is 14.9. The fourth-order valence-electron chi connectivity index (χ4n) is 7.53. The van der Waals surface area contributed by atoms with E-state index in [-0.39, 0.29) is 23.3 Å². The SMILES string of the molecule is BrCC1CCCCC1.COc1ccc(F)cc1C(C)(C)CC(=O)CC1CCCCC1.COc1ccc(F)cc1C(C)(C)CC(=O)N1CCOCC1. The zero-order chi connectivity index (χ0) is 37.4. The van der Waals surface area contributed by atoms with Gasteiger partial charge >= 0.3 is 0 Å². The van der Waals surface area contributed by atoms with E-state index in [2.05, 4.69) is 15.9 Å². The second-order valence-electron chi connectivity index (χ2n) is 15.7. The number of amides is 1. The van der Waals surface area contributed by atoms with Crippen LogP contribution in [0.25, 0.3) is 0 Å². The van der Waals surface area contributed by atoms with Crippen molar-refractivity contribution in [3.63, 3.8) is 0 Å². The average Bonchev–Trinajstić information content (AvgIpc) is 3.13. The molecule has 6 nitrogen and oxygen atoms in total. The third-order valence-electron chi connectivity index (χ3n) is 10.6. The van der Waals surface area contributed by atoms with E-state index >= 15 is 0 Å². The van der Waals surface area contributed by atoms with E-state index in [1.807, 2.05) is 27.7 Å². The molecule has 1 saturated heterocycles. The molecule has 3 aliphatic rings. The highest BCUT2D eigenvalue weighted by atomic mass is 79.9. The van der Waals surface area contributed by atoms with Crippen molar-refractivity contribution < 1.29 is 32.6 Å². The van der Waals surface area contributed by atoms with Crippen molar-refractivity contribution >= 4 is 27.6 Å². The van der Waals surface area contributed by atoms with E-state index in [0.29, 0.717) is 68.5 Å². The molecule has 0 unspecified atom stereocenters. The number of benzene rings is 2. The first-order valence-electron chi connectivity index (χ1n) is 18.9. The molecule has 51 heavy (non-hydrogen) atoms. The highest BCUT2D eigenvalue weighted by Crippen LogP contribution is 2.37. The lowest BCUT2D eigenvalue weighted by atomic mass is 9.77. The quantitative estimate of drug-likeness (QED) is 0.213. The Morgan fingerprint density at radius 2 is 1.20 bits per heavy atom. The summed E-state index contributed by atoms with van der Waals surface area (Å²) in [6.45, 7) is 10.2. The van der Waals surface area contributed by atoms with Crippen molar-refractivity contribution in [2.75, 3.05) is 45.9 Å². The Balaban J connectivity index is 0.000000227. The van der Waals surface area contributed by atoms with Crippen LogP contribution < -0.4 is 9.47 Å². The number of halogens is 3. The number of morpholine rings is 1. The van der Waals surface area contributed by atoms with Gasteiger partial charge in [0.15, 0.2) is 0 Å². The van der Waals surface area contributed by atoms with Crippen LogP contribution in [-0.2, 0) is 25.2 Å². The Morgan fingerprint density at radius 3 is 1.63 bits per heavy atom. The largest absolute Gasteiger partial charge is 0.496 e. The van der Waals surface area contributed by atoms with Crippen molar-refractivity contribution in [3.8, 4) is 11.5 Å². The maximum Gasteiger partial charge on any atom is 0.223 e. The maximum absolute atomic E-state index is 13.6. The maximum atomic E-state index is 13.6. The monoisotopic (exact) mass is 777 g/mol. The minimum Gasteiger partial charge on any atom is -0.496 e. The van der Waals surface area contributed by atoms with Crippen LogP contribution in [0.4, 0.5) is 8.78 Å². The number of carbonyl (C=O) groups excluding carboxylic acids is 2. The second kappa shape index (κ2) is 21.2. The normalized spacial score (nSPS) is 17.4. The highest BCUT2D eigenvalue weighted by molar-refractivity contribution is 9.09. The van der Waals surface area contributed by atoms with Crippen LogP contribution in [0.5, 0.6) is 11.5 Å². The van der Waals surface area contributed by atoms with Gasteiger partial charge in [0.25, 0.3) is 0 Å². The molecule has 0 atom stereocenters. The standard InChI is InChI=1S/C19H27FO2.C16H22FNO3.C7H13Br/c1-19(2,17-12-15(20)9-10-18(17)22-3)13-16(21)11-14-7-5-4-6-8-14;1-16(2,11-15(19)18-6-8-21-9-7-18)13-10-12(17)4-5-14(13)20-3;8-6-7-4-2-1-3-5-7/h9-10,12,14H,4-8,11,13H2,1-3H3;4-5,10H,6-9,11H2,1-3H3;7H,1-6H2. The molecule has 5 rings (SSSR count). The van der Waals surface area contributed by atoms with E-state index < -0.39 is 10.8 Å². The van der Waals surface area contributed by atoms with E-state index in [9.17, 15) is 18.4 Å². The predicted octanol–water partition coefficient (Wildman–Crippen LogP) is 10.4. The van der Waals surface area contributed by atoms with E-state index in [1.165, 1.54) is 93.8 Å². The number of carbonyl (C=O) groups is 2. The van der Waals surface area contributed by atoms with Crippen LogP contribution in [0.1, 0.15) is 122 Å². The van der Waals surface area contributed by atoms with Crippen LogP contribution in [0.3, 0.4) is 0 Å². The third-order valence-corrected chi connectivity index (χ3v) is 11.5. The van der Waals surface area contributed by atoms with Gasteiger partial charge in [0.05, 0.1) is 27.4 Å². The summed E-state index contributed by atoms with van der Waals surface area (Å²) in [5, 5.41) is 1.23.